The van der Waals surface area contributed by atoms with Crippen molar-refractivity contribution in [2.75, 3.05) is 13.2 Å². The summed E-state index contributed by atoms with van der Waals surface area (Å²) in [6.07, 6.45) is 1.72. The largest absolute Gasteiger partial charge is 0.460 e. The van der Waals surface area contributed by atoms with Crippen molar-refractivity contribution in [3.05, 3.63) is 34.9 Å². The van der Waals surface area contributed by atoms with Crippen molar-refractivity contribution < 1.29 is 14.3 Å². The minimum atomic E-state index is -0.449. The van der Waals surface area contributed by atoms with Gasteiger partial charge in [-0.2, -0.15) is 0 Å². The predicted octanol–water partition coefficient (Wildman–Crippen LogP) is 2.00. The van der Waals surface area contributed by atoms with Crippen LogP contribution in [0.25, 0.3) is 0 Å². The fraction of sp³-hybridized carbons (Fsp3) is 0.467. The topological polar surface area (TPSA) is 72.6 Å². The van der Waals surface area contributed by atoms with E-state index < -0.39 is 6.03 Å². The molecule has 5 nitrogen and oxygen atoms in total. The van der Waals surface area contributed by atoms with Gasteiger partial charge in [0.2, 0.25) is 0 Å². The SMILES string of the molecule is Cc1ccc(C(=O)OCC2CCCN2C(N)=O)c(C)c1. The van der Waals surface area contributed by atoms with E-state index in [1.54, 1.807) is 11.0 Å². The maximum absolute atomic E-state index is 12.1. The molecule has 1 saturated heterocycles. The lowest BCUT2D eigenvalue weighted by atomic mass is 10.1. The van der Waals surface area contributed by atoms with Crippen molar-refractivity contribution in [2.45, 2.75) is 32.7 Å². The van der Waals surface area contributed by atoms with Gasteiger partial charge in [-0.1, -0.05) is 17.7 Å². The molecule has 1 fully saturated rings. The normalized spacial score (nSPS) is 18.1. The molecule has 20 heavy (non-hydrogen) atoms. The summed E-state index contributed by atoms with van der Waals surface area (Å²) in [5.74, 6) is -0.348. The lowest BCUT2D eigenvalue weighted by Crippen LogP contribution is -2.42. The number of urea groups is 1. The number of likely N-dealkylation sites (tertiary alicyclic amines) is 1. The highest BCUT2D eigenvalue weighted by Gasteiger charge is 2.28. The van der Waals surface area contributed by atoms with Gasteiger partial charge in [0, 0.05) is 6.54 Å². The van der Waals surface area contributed by atoms with E-state index in [1.165, 1.54) is 0 Å². The summed E-state index contributed by atoms with van der Waals surface area (Å²) in [4.78, 5) is 24.8. The summed E-state index contributed by atoms with van der Waals surface area (Å²) >= 11 is 0. The molecule has 0 spiro atoms. The van der Waals surface area contributed by atoms with Crippen LogP contribution in [0.5, 0.6) is 0 Å². The number of nitrogens with two attached hydrogens (primary N) is 1. The van der Waals surface area contributed by atoms with Crippen LogP contribution in [0.3, 0.4) is 0 Å². The van der Waals surface area contributed by atoms with Gasteiger partial charge < -0.3 is 15.4 Å². The van der Waals surface area contributed by atoms with Crippen molar-refractivity contribution in [3.8, 4) is 0 Å². The van der Waals surface area contributed by atoms with Crippen LogP contribution in [0.15, 0.2) is 18.2 Å². The number of primary amides is 1. The van der Waals surface area contributed by atoms with E-state index in [4.69, 9.17) is 10.5 Å². The van der Waals surface area contributed by atoms with E-state index in [1.807, 2.05) is 26.0 Å². The number of esters is 1. The first kappa shape index (κ1) is 14.4. The molecule has 1 atom stereocenters. The molecule has 108 valence electrons. The third-order valence-electron chi connectivity index (χ3n) is 3.67. The van der Waals surface area contributed by atoms with Gasteiger partial charge in [-0.25, -0.2) is 9.59 Å². The first-order valence-electron chi connectivity index (χ1n) is 6.79. The number of nitrogens with zero attached hydrogens (tertiary/aromatic N) is 1. The lowest BCUT2D eigenvalue weighted by molar-refractivity contribution is 0.0421. The molecule has 0 aliphatic carbocycles. The Balaban J connectivity index is 1.97. The Morgan fingerprint density at radius 3 is 2.80 bits per heavy atom. The van der Waals surface area contributed by atoms with Gasteiger partial charge in [0.05, 0.1) is 11.6 Å². The monoisotopic (exact) mass is 276 g/mol. The summed E-state index contributed by atoms with van der Waals surface area (Å²) in [6.45, 7) is 4.70. The van der Waals surface area contributed by atoms with E-state index in [2.05, 4.69) is 0 Å². The van der Waals surface area contributed by atoms with Gasteiger partial charge >= 0.3 is 12.0 Å². The average Bonchev–Trinajstić information content (AvgIpc) is 2.84. The fourth-order valence-corrected chi connectivity index (χ4v) is 2.59. The van der Waals surface area contributed by atoms with E-state index in [-0.39, 0.29) is 18.6 Å². The summed E-state index contributed by atoms with van der Waals surface area (Å²) < 4.78 is 5.32. The maximum Gasteiger partial charge on any atom is 0.338 e. The molecule has 0 saturated carbocycles. The zero-order valence-corrected chi connectivity index (χ0v) is 11.9. The maximum atomic E-state index is 12.1. The highest BCUT2D eigenvalue weighted by Crippen LogP contribution is 2.18. The van der Waals surface area contributed by atoms with Crippen molar-refractivity contribution in [1.82, 2.24) is 4.90 Å². The fourth-order valence-electron chi connectivity index (χ4n) is 2.59. The van der Waals surface area contributed by atoms with Crippen LogP contribution < -0.4 is 5.73 Å². The number of benzene rings is 1. The second-order valence-electron chi connectivity index (χ2n) is 5.24. The van der Waals surface area contributed by atoms with E-state index in [0.29, 0.717) is 12.1 Å². The van der Waals surface area contributed by atoms with Crippen LogP contribution in [0.1, 0.15) is 34.3 Å². The highest BCUT2D eigenvalue weighted by atomic mass is 16.5. The van der Waals surface area contributed by atoms with Gasteiger partial charge in [-0.3, -0.25) is 0 Å². The molecule has 1 heterocycles. The Kier molecular flexibility index (Phi) is 4.27. The molecular formula is C15H20N2O3. The Morgan fingerprint density at radius 2 is 2.15 bits per heavy atom. The average molecular weight is 276 g/mol. The Labute approximate surface area is 118 Å². The third kappa shape index (κ3) is 3.10. The van der Waals surface area contributed by atoms with Crippen molar-refractivity contribution in [2.24, 2.45) is 5.73 Å². The van der Waals surface area contributed by atoms with Crippen LogP contribution >= 0.6 is 0 Å². The number of carbonyl (C=O) groups is 2. The number of hydrogen-bond donors (Lipinski definition) is 1. The number of hydrogen-bond acceptors (Lipinski definition) is 3. The molecule has 0 radical (unpaired) electrons. The molecule has 2 N–H and O–H groups in total. The van der Waals surface area contributed by atoms with Crippen LogP contribution in [0, 0.1) is 13.8 Å². The third-order valence-corrected chi connectivity index (χ3v) is 3.67. The standard InChI is InChI=1S/C15H20N2O3/c1-10-5-6-13(11(2)8-10)14(18)20-9-12-4-3-7-17(12)15(16)19/h5-6,8,12H,3-4,7,9H2,1-2H3,(H2,16,19). The second kappa shape index (κ2) is 5.94. The van der Waals surface area contributed by atoms with Gasteiger partial charge in [-0.05, 0) is 38.3 Å². The highest BCUT2D eigenvalue weighted by molar-refractivity contribution is 5.91. The van der Waals surface area contributed by atoms with Crippen LogP contribution in [-0.2, 0) is 4.74 Å². The number of ether oxygens (including phenoxy) is 1. The van der Waals surface area contributed by atoms with Crippen LogP contribution in [0.2, 0.25) is 0 Å². The van der Waals surface area contributed by atoms with Crippen molar-refractivity contribution in [3.63, 3.8) is 0 Å². The molecule has 1 aliphatic rings. The van der Waals surface area contributed by atoms with Gasteiger partial charge in [0.25, 0.3) is 0 Å². The number of rotatable bonds is 3. The van der Waals surface area contributed by atoms with Gasteiger partial charge in [0.1, 0.15) is 6.61 Å². The molecule has 0 aromatic heterocycles. The first-order chi connectivity index (χ1) is 9.49. The summed E-state index contributed by atoms with van der Waals surface area (Å²) in [7, 11) is 0. The first-order valence-corrected chi connectivity index (χ1v) is 6.79. The second-order valence-corrected chi connectivity index (χ2v) is 5.24. The minimum absolute atomic E-state index is 0.0952. The molecule has 1 unspecified atom stereocenters. The molecule has 0 bridgehead atoms. The molecule has 2 rings (SSSR count). The van der Waals surface area contributed by atoms with E-state index in [0.717, 1.165) is 24.0 Å². The number of aryl methyl sites for hydroxylation is 2. The Morgan fingerprint density at radius 1 is 1.40 bits per heavy atom. The molecule has 1 aromatic carbocycles. The Bertz CT molecular complexity index is 528. The van der Waals surface area contributed by atoms with E-state index in [9.17, 15) is 9.59 Å². The molecule has 2 amide bonds. The molecular weight excluding hydrogens is 256 g/mol. The molecule has 1 aromatic rings. The van der Waals surface area contributed by atoms with Crippen LogP contribution in [-0.4, -0.2) is 36.1 Å². The minimum Gasteiger partial charge on any atom is -0.460 e. The van der Waals surface area contributed by atoms with Gasteiger partial charge in [-0.15, -0.1) is 0 Å². The predicted molar refractivity (Wildman–Crippen MR) is 75.5 cm³/mol. The lowest BCUT2D eigenvalue weighted by Gasteiger charge is -2.22. The number of carbonyl (C=O) groups excluding carboxylic acids is 2. The molecule has 1 aliphatic heterocycles. The number of amides is 2. The zero-order valence-electron chi connectivity index (χ0n) is 11.9. The van der Waals surface area contributed by atoms with Crippen molar-refractivity contribution >= 4 is 12.0 Å². The zero-order chi connectivity index (χ0) is 14.7. The van der Waals surface area contributed by atoms with Crippen LogP contribution in [0.4, 0.5) is 4.79 Å². The quantitative estimate of drug-likeness (QED) is 0.858. The van der Waals surface area contributed by atoms with Crippen molar-refractivity contribution in [1.29, 1.82) is 0 Å². The summed E-state index contributed by atoms with van der Waals surface area (Å²) in [5, 5.41) is 0. The van der Waals surface area contributed by atoms with Gasteiger partial charge in [0.15, 0.2) is 0 Å². The summed E-state index contributed by atoms with van der Waals surface area (Å²) in [6, 6.07) is 5.06. The Hall–Kier alpha value is -2.04. The van der Waals surface area contributed by atoms with E-state index >= 15 is 0 Å². The smallest absolute Gasteiger partial charge is 0.338 e. The summed E-state index contributed by atoms with van der Waals surface area (Å²) in [5.41, 5.74) is 7.86. The molecule has 5 heteroatoms.